The van der Waals surface area contributed by atoms with Gasteiger partial charge in [-0.05, 0) is 64.7 Å². The Morgan fingerprint density at radius 2 is 1.19 bits per heavy atom. The molecule has 0 aliphatic carbocycles. The quantitative estimate of drug-likeness (QED) is 0.0585. The van der Waals surface area contributed by atoms with E-state index in [0.29, 0.717) is 12.8 Å². The molecule has 52 heavy (non-hydrogen) atoms. The minimum absolute atomic E-state index is 0.0130. The normalized spacial score (nSPS) is 18.9. The van der Waals surface area contributed by atoms with Crippen LogP contribution in [0.3, 0.4) is 0 Å². The zero-order chi connectivity index (χ0) is 40.0. The van der Waals surface area contributed by atoms with Crippen molar-refractivity contribution in [2.75, 3.05) is 6.54 Å². The van der Waals surface area contributed by atoms with Crippen LogP contribution in [0.5, 0.6) is 0 Å². The number of nitrogens with zero attached hydrogens (tertiary/aromatic N) is 1. The smallest absolute Gasteiger partial charge is 0.326 e. The number of hydrogen-bond acceptors (Lipinski definition) is 11. The van der Waals surface area contributed by atoms with Crippen LogP contribution in [0, 0.1) is 11.8 Å². The number of likely N-dealkylation sites (tertiary alicyclic amines) is 1. The van der Waals surface area contributed by atoms with Crippen LogP contribution in [-0.4, -0.2) is 134 Å². The van der Waals surface area contributed by atoms with Crippen molar-refractivity contribution in [1.82, 2.24) is 31.5 Å². The lowest BCUT2D eigenvalue weighted by Gasteiger charge is -2.31. The Labute approximate surface area is 303 Å². The van der Waals surface area contributed by atoms with Gasteiger partial charge < -0.3 is 57.6 Å². The van der Waals surface area contributed by atoms with Crippen LogP contribution in [0.2, 0.25) is 0 Å². The summed E-state index contributed by atoms with van der Waals surface area (Å²) in [5, 5.41) is 51.3. The molecule has 1 fully saturated rings. The first-order valence-corrected chi connectivity index (χ1v) is 17.5. The number of carbonyl (C=O) groups is 8. The Hall–Kier alpha value is -4.36. The molecule has 0 aromatic carbocycles. The van der Waals surface area contributed by atoms with E-state index in [1.165, 1.54) is 20.8 Å². The summed E-state index contributed by atoms with van der Waals surface area (Å²) in [6, 6.07) is -9.35. The van der Waals surface area contributed by atoms with E-state index in [2.05, 4.69) is 26.6 Å². The predicted octanol–water partition coefficient (Wildman–Crippen LogP) is -2.45. The molecule has 0 radical (unpaired) electrons. The van der Waals surface area contributed by atoms with Crippen LogP contribution >= 0.6 is 0 Å². The topological polar surface area (TPSA) is 307 Å². The molecule has 0 bridgehead atoms. The highest BCUT2D eigenvalue weighted by Crippen LogP contribution is 2.19. The highest BCUT2D eigenvalue weighted by atomic mass is 16.4. The number of aliphatic hydroxyl groups excluding tert-OH is 2. The van der Waals surface area contributed by atoms with Gasteiger partial charge in [-0.2, -0.15) is 0 Å². The molecule has 11 N–H and O–H groups in total. The molecule has 1 heterocycles. The average Bonchev–Trinajstić information content (AvgIpc) is 3.53. The summed E-state index contributed by atoms with van der Waals surface area (Å²) in [4.78, 5) is 103. The molecule has 6 amide bonds. The molecule has 1 aliphatic rings. The van der Waals surface area contributed by atoms with Crippen LogP contribution < -0.4 is 32.3 Å². The SMILES string of the molecule is CC(C)C[C@H](NC(=O)[C@H](CCC(=O)O)NC(=O)[C@H](C)NC(=O)[C@@H](NC(=O)[C@@H](N)CC(C)C)[C@@H](C)O)C(=O)N[C@H](C(=O)N1CCC[C@H]1C(=O)O)[C@@H](C)O. The maximum atomic E-state index is 13.5. The molecule has 19 nitrogen and oxygen atoms in total. The van der Waals surface area contributed by atoms with Gasteiger partial charge in [0, 0.05) is 13.0 Å². The van der Waals surface area contributed by atoms with Gasteiger partial charge in [0.15, 0.2) is 0 Å². The maximum absolute atomic E-state index is 13.5. The van der Waals surface area contributed by atoms with Gasteiger partial charge in [0.05, 0.1) is 18.2 Å². The van der Waals surface area contributed by atoms with E-state index in [-0.39, 0.29) is 31.2 Å². The van der Waals surface area contributed by atoms with Gasteiger partial charge >= 0.3 is 11.9 Å². The molecule has 1 saturated heterocycles. The Bertz CT molecular complexity index is 1290. The number of rotatable bonds is 21. The van der Waals surface area contributed by atoms with Crippen molar-refractivity contribution in [3.63, 3.8) is 0 Å². The lowest BCUT2D eigenvalue weighted by atomic mass is 10.0. The second-order valence-electron chi connectivity index (χ2n) is 14.1. The van der Waals surface area contributed by atoms with Gasteiger partial charge in [0.2, 0.25) is 35.4 Å². The first kappa shape index (κ1) is 45.7. The van der Waals surface area contributed by atoms with Gasteiger partial charge in [-0.3, -0.25) is 33.6 Å². The van der Waals surface area contributed by atoms with Gasteiger partial charge in [-0.25, -0.2) is 4.79 Å². The molecule has 1 rings (SSSR count). The molecule has 9 atom stereocenters. The van der Waals surface area contributed by atoms with Crippen LogP contribution in [0.1, 0.15) is 87.0 Å². The summed E-state index contributed by atoms with van der Waals surface area (Å²) >= 11 is 0. The second-order valence-corrected chi connectivity index (χ2v) is 14.1. The van der Waals surface area contributed by atoms with Crippen LogP contribution in [0.15, 0.2) is 0 Å². The van der Waals surface area contributed by atoms with Crippen LogP contribution in [-0.2, 0) is 38.4 Å². The number of carboxylic acids is 2. The van der Waals surface area contributed by atoms with Crippen LogP contribution in [0.25, 0.3) is 0 Å². The molecular formula is C33H57N7O12. The summed E-state index contributed by atoms with van der Waals surface area (Å²) < 4.78 is 0. The largest absolute Gasteiger partial charge is 0.481 e. The molecule has 0 spiro atoms. The predicted molar refractivity (Wildman–Crippen MR) is 185 cm³/mol. The highest BCUT2D eigenvalue weighted by Gasteiger charge is 2.40. The number of aliphatic hydroxyl groups is 2. The van der Waals surface area contributed by atoms with E-state index < -0.39 is 115 Å². The zero-order valence-electron chi connectivity index (χ0n) is 30.9. The Balaban J connectivity index is 3.14. The molecule has 0 aromatic rings. The van der Waals surface area contributed by atoms with E-state index in [9.17, 15) is 58.8 Å². The first-order valence-electron chi connectivity index (χ1n) is 17.5. The van der Waals surface area contributed by atoms with Crippen LogP contribution in [0.4, 0.5) is 0 Å². The highest BCUT2D eigenvalue weighted by molar-refractivity contribution is 5.97. The number of amides is 6. The maximum Gasteiger partial charge on any atom is 0.326 e. The standard InChI is InChI=1S/C33H57N7O12/c1-15(2)13-20(34)28(46)38-25(18(6)41)31(49)35-17(5)27(45)36-21(10-11-24(43)44)29(47)37-22(14-16(3)4)30(48)39-26(19(7)42)32(50)40-12-8-9-23(40)33(51)52/h15-23,25-26,41-42H,8-14,34H2,1-7H3,(H,35,49)(H,36,45)(H,37,47)(H,38,46)(H,39,48)(H,43,44)(H,51,52)/t17-,18+,19+,20-,21-,22-,23-,25-,26-/m0/s1. The number of nitrogens with two attached hydrogens (primary N) is 1. The van der Waals surface area contributed by atoms with Crippen molar-refractivity contribution in [3.05, 3.63) is 0 Å². The van der Waals surface area contributed by atoms with Crippen molar-refractivity contribution >= 4 is 47.4 Å². The van der Waals surface area contributed by atoms with Gasteiger partial charge in [-0.15, -0.1) is 0 Å². The third kappa shape index (κ3) is 14.7. The molecule has 0 aromatic heterocycles. The summed E-state index contributed by atoms with van der Waals surface area (Å²) in [5.74, 6) is -7.91. The van der Waals surface area contributed by atoms with Gasteiger partial charge in [0.25, 0.3) is 0 Å². The molecule has 1 aliphatic heterocycles. The molecule has 0 unspecified atom stereocenters. The minimum Gasteiger partial charge on any atom is -0.481 e. The Morgan fingerprint density at radius 3 is 1.69 bits per heavy atom. The van der Waals surface area contributed by atoms with E-state index in [1.54, 1.807) is 13.8 Å². The summed E-state index contributed by atoms with van der Waals surface area (Å²) in [6.45, 7) is 11.0. The van der Waals surface area contributed by atoms with Crippen molar-refractivity contribution < 1.29 is 58.8 Å². The molecule has 0 saturated carbocycles. The van der Waals surface area contributed by atoms with E-state index in [1.807, 2.05) is 13.8 Å². The number of carboxylic acid groups (broad SMARTS) is 2. The monoisotopic (exact) mass is 743 g/mol. The van der Waals surface area contributed by atoms with Crippen molar-refractivity contribution in [2.45, 2.75) is 141 Å². The average molecular weight is 744 g/mol. The number of carbonyl (C=O) groups excluding carboxylic acids is 6. The van der Waals surface area contributed by atoms with Crippen molar-refractivity contribution in [3.8, 4) is 0 Å². The third-order valence-corrected chi connectivity index (χ3v) is 8.36. The van der Waals surface area contributed by atoms with Gasteiger partial charge in [-0.1, -0.05) is 27.7 Å². The first-order chi connectivity index (χ1) is 24.1. The second kappa shape index (κ2) is 21.2. The summed E-state index contributed by atoms with van der Waals surface area (Å²) in [7, 11) is 0. The number of aliphatic carboxylic acids is 2. The van der Waals surface area contributed by atoms with E-state index in [4.69, 9.17) is 5.73 Å². The van der Waals surface area contributed by atoms with Crippen molar-refractivity contribution in [1.29, 1.82) is 0 Å². The number of nitrogens with one attached hydrogen (secondary N) is 5. The van der Waals surface area contributed by atoms with Crippen molar-refractivity contribution in [2.24, 2.45) is 17.6 Å². The summed E-state index contributed by atoms with van der Waals surface area (Å²) in [6.07, 6.45) is -2.91. The third-order valence-electron chi connectivity index (χ3n) is 8.36. The molecular weight excluding hydrogens is 686 g/mol. The van der Waals surface area contributed by atoms with E-state index in [0.717, 1.165) is 4.90 Å². The van der Waals surface area contributed by atoms with Gasteiger partial charge in [0.1, 0.15) is 36.3 Å². The van der Waals surface area contributed by atoms with E-state index >= 15 is 0 Å². The zero-order valence-corrected chi connectivity index (χ0v) is 30.9. The lowest BCUT2D eigenvalue weighted by molar-refractivity contribution is -0.150. The fourth-order valence-electron chi connectivity index (χ4n) is 5.57. The summed E-state index contributed by atoms with van der Waals surface area (Å²) in [5.41, 5.74) is 5.88. The fraction of sp³-hybridized carbons (Fsp3) is 0.758. The lowest BCUT2D eigenvalue weighted by Crippen LogP contribution is -2.61. The Kier molecular flexibility index (Phi) is 18.6. The number of hydrogen-bond donors (Lipinski definition) is 10. The Morgan fingerprint density at radius 1 is 0.673 bits per heavy atom. The minimum atomic E-state index is -1.55. The molecule has 19 heteroatoms. The molecule has 296 valence electrons. The fourth-order valence-corrected chi connectivity index (χ4v) is 5.57.